The zero-order valence-electron chi connectivity index (χ0n) is 22.5. The summed E-state index contributed by atoms with van der Waals surface area (Å²) < 4.78 is 5.60. The number of ether oxygens (including phenoxy) is 1. The normalized spacial score (nSPS) is 18.9. The van der Waals surface area contributed by atoms with Crippen molar-refractivity contribution in [2.45, 2.75) is 65.0 Å². The average Bonchev–Trinajstić information content (AvgIpc) is 3.28. The maximum absolute atomic E-state index is 13.2. The molecule has 0 fully saturated rings. The Bertz CT molecular complexity index is 1290. The van der Waals surface area contributed by atoms with Crippen molar-refractivity contribution >= 4 is 11.6 Å². The van der Waals surface area contributed by atoms with Crippen LogP contribution in [0.1, 0.15) is 57.0 Å². The van der Waals surface area contributed by atoms with E-state index in [2.05, 4.69) is 79.9 Å². The van der Waals surface area contributed by atoms with Gasteiger partial charge in [-0.3, -0.25) is 4.79 Å². The fourth-order valence-electron chi connectivity index (χ4n) is 6.34. The van der Waals surface area contributed by atoms with Crippen LogP contribution in [0, 0.1) is 26.7 Å². The second-order valence-electron chi connectivity index (χ2n) is 11.0. The smallest absolute Gasteiger partial charge is 0.237 e. The zero-order valence-corrected chi connectivity index (χ0v) is 22.5. The second kappa shape index (κ2) is 10.6. The first kappa shape index (κ1) is 25.3. The minimum atomic E-state index is -0.575. The van der Waals surface area contributed by atoms with Crippen LogP contribution in [0.2, 0.25) is 0 Å². The van der Waals surface area contributed by atoms with Crippen molar-refractivity contribution in [1.82, 2.24) is 5.32 Å². The molecule has 1 heterocycles. The van der Waals surface area contributed by atoms with Crippen molar-refractivity contribution in [3.05, 3.63) is 93.0 Å². The number of carbonyl (C=O) groups excluding carboxylic acids is 1. The van der Waals surface area contributed by atoms with Crippen molar-refractivity contribution in [2.75, 3.05) is 19.0 Å². The third-order valence-corrected chi connectivity index (χ3v) is 8.13. The Morgan fingerprint density at radius 3 is 2.65 bits per heavy atom. The molecule has 194 valence electrons. The number of benzene rings is 3. The molecule has 3 aromatic carbocycles. The van der Waals surface area contributed by atoms with Crippen molar-refractivity contribution in [3.8, 4) is 5.75 Å². The third-order valence-electron chi connectivity index (χ3n) is 8.13. The quantitative estimate of drug-likeness (QED) is 0.423. The highest BCUT2D eigenvalue weighted by Crippen LogP contribution is 2.37. The maximum Gasteiger partial charge on any atom is 0.237 e. The van der Waals surface area contributed by atoms with Gasteiger partial charge in [0.05, 0.1) is 19.2 Å². The highest BCUT2D eigenvalue weighted by Gasteiger charge is 2.27. The van der Waals surface area contributed by atoms with Crippen molar-refractivity contribution in [2.24, 2.45) is 11.7 Å². The first-order chi connectivity index (χ1) is 17.8. The predicted molar refractivity (Wildman–Crippen MR) is 150 cm³/mol. The summed E-state index contributed by atoms with van der Waals surface area (Å²) in [5.74, 6) is 1.48. The molecule has 0 saturated carbocycles. The van der Waals surface area contributed by atoms with Crippen LogP contribution in [0.3, 0.4) is 0 Å². The number of anilines is 1. The molecule has 3 unspecified atom stereocenters. The Morgan fingerprint density at radius 1 is 1.11 bits per heavy atom. The van der Waals surface area contributed by atoms with Crippen LogP contribution in [-0.2, 0) is 30.5 Å². The number of aryl methyl sites for hydroxylation is 3. The molecule has 3 atom stereocenters. The fraction of sp³-hybridized carbons (Fsp3) is 0.406. The molecule has 5 nitrogen and oxygen atoms in total. The number of amides is 1. The molecule has 5 rings (SSSR count). The number of carbonyl (C=O) groups is 1. The number of rotatable bonds is 7. The van der Waals surface area contributed by atoms with E-state index in [0.29, 0.717) is 12.3 Å². The van der Waals surface area contributed by atoms with Gasteiger partial charge in [-0.15, -0.1) is 0 Å². The van der Waals surface area contributed by atoms with Crippen LogP contribution in [0.4, 0.5) is 5.69 Å². The van der Waals surface area contributed by atoms with Gasteiger partial charge in [0.2, 0.25) is 5.91 Å². The van der Waals surface area contributed by atoms with Crippen LogP contribution in [0.5, 0.6) is 5.75 Å². The van der Waals surface area contributed by atoms with Gasteiger partial charge < -0.3 is 21.1 Å². The van der Waals surface area contributed by atoms with Gasteiger partial charge in [0.15, 0.2) is 0 Å². The molecule has 1 aliphatic heterocycles. The maximum atomic E-state index is 13.2. The van der Waals surface area contributed by atoms with Gasteiger partial charge in [0.1, 0.15) is 5.75 Å². The van der Waals surface area contributed by atoms with Crippen molar-refractivity contribution < 1.29 is 9.53 Å². The number of fused-ring (bicyclic) bond motifs is 2. The largest absolute Gasteiger partial charge is 0.496 e. The molecule has 4 N–H and O–H groups in total. The molecule has 0 bridgehead atoms. The fourth-order valence-corrected chi connectivity index (χ4v) is 6.34. The van der Waals surface area contributed by atoms with Gasteiger partial charge >= 0.3 is 0 Å². The van der Waals surface area contributed by atoms with Gasteiger partial charge in [0, 0.05) is 12.2 Å². The van der Waals surface area contributed by atoms with Crippen molar-refractivity contribution in [3.63, 3.8) is 0 Å². The number of hydrogen-bond donors (Lipinski definition) is 3. The highest BCUT2D eigenvalue weighted by molar-refractivity contribution is 5.82. The van der Waals surface area contributed by atoms with Gasteiger partial charge in [-0.1, -0.05) is 42.0 Å². The highest BCUT2D eigenvalue weighted by atomic mass is 16.5. The minimum Gasteiger partial charge on any atom is -0.496 e. The Labute approximate surface area is 220 Å². The van der Waals surface area contributed by atoms with E-state index in [1.165, 1.54) is 44.5 Å². The molecule has 0 spiro atoms. The summed E-state index contributed by atoms with van der Waals surface area (Å²) in [7, 11) is 1.75. The predicted octanol–water partition coefficient (Wildman–Crippen LogP) is 5.12. The molecular formula is C32H39N3O2. The van der Waals surface area contributed by atoms with E-state index in [9.17, 15) is 4.79 Å². The summed E-state index contributed by atoms with van der Waals surface area (Å²) in [6, 6.07) is 16.8. The van der Waals surface area contributed by atoms with Gasteiger partial charge in [0.25, 0.3) is 0 Å². The first-order valence-electron chi connectivity index (χ1n) is 13.5. The van der Waals surface area contributed by atoms with E-state index in [4.69, 9.17) is 10.5 Å². The summed E-state index contributed by atoms with van der Waals surface area (Å²) in [5.41, 5.74) is 17.6. The van der Waals surface area contributed by atoms with Crippen LogP contribution in [0.25, 0.3) is 0 Å². The standard InChI is InChI=1S/C32H39N3O2/c1-19-12-20(2)25(21(3)13-19)18-28(33)32(36)35-30-10-11-34-29-9-8-22(16-27(29)30)14-23-15-24-6-5-7-31(37-4)26(24)17-23/h5-9,12-13,16,23,28,30,34H,10-11,14-15,17-18,33H2,1-4H3,(H,35,36). The SMILES string of the molecule is COc1cccc2c1CC(Cc1ccc3c(c1)C(NC(=O)C(N)Cc1c(C)cc(C)cc1C)CCN3)C2. The van der Waals surface area contributed by atoms with E-state index in [-0.39, 0.29) is 11.9 Å². The van der Waals surface area contributed by atoms with Gasteiger partial charge in [-0.25, -0.2) is 0 Å². The number of nitrogens with two attached hydrogens (primary N) is 1. The van der Waals surface area contributed by atoms with Crippen molar-refractivity contribution in [1.29, 1.82) is 0 Å². The summed E-state index contributed by atoms with van der Waals surface area (Å²) in [4.78, 5) is 13.2. The van der Waals surface area contributed by atoms with Crippen LogP contribution >= 0.6 is 0 Å². The van der Waals surface area contributed by atoms with E-state index >= 15 is 0 Å². The lowest BCUT2D eigenvalue weighted by atomic mass is 9.90. The molecular weight excluding hydrogens is 458 g/mol. The van der Waals surface area contributed by atoms with E-state index in [1.807, 2.05) is 0 Å². The average molecular weight is 498 g/mol. The number of nitrogens with one attached hydrogen (secondary N) is 2. The molecule has 0 saturated heterocycles. The molecule has 0 aromatic heterocycles. The molecule has 2 aliphatic rings. The first-order valence-corrected chi connectivity index (χ1v) is 13.5. The lowest BCUT2D eigenvalue weighted by Crippen LogP contribution is -2.44. The Balaban J connectivity index is 1.27. The van der Waals surface area contributed by atoms with Crippen LogP contribution in [0.15, 0.2) is 48.5 Å². The molecule has 1 amide bonds. The lowest BCUT2D eigenvalue weighted by molar-refractivity contribution is -0.123. The Kier molecular flexibility index (Phi) is 7.25. The van der Waals surface area contributed by atoms with E-state index in [0.717, 1.165) is 43.7 Å². The van der Waals surface area contributed by atoms with Gasteiger partial charge in [-0.05, 0) is 110 Å². The van der Waals surface area contributed by atoms with Gasteiger partial charge in [-0.2, -0.15) is 0 Å². The molecule has 3 aromatic rings. The topological polar surface area (TPSA) is 76.4 Å². The zero-order chi connectivity index (χ0) is 26.1. The molecule has 1 aliphatic carbocycles. The summed E-state index contributed by atoms with van der Waals surface area (Å²) in [5, 5.41) is 6.78. The number of hydrogen-bond acceptors (Lipinski definition) is 4. The summed E-state index contributed by atoms with van der Waals surface area (Å²) >= 11 is 0. The number of methoxy groups -OCH3 is 1. The Hall–Kier alpha value is -3.31. The summed E-state index contributed by atoms with van der Waals surface area (Å²) in [6.45, 7) is 7.13. The Morgan fingerprint density at radius 2 is 1.89 bits per heavy atom. The lowest BCUT2D eigenvalue weighted by Gasteiger charge is -2.29. The molecule has 37 heavy (non-hydrogen) atoms. The van der Waals surface area contributed by atoms with Crippen LogP contribution in [-0.4, -0.2) is 25.6 Å². The third kappa shape index (κ3) is 5.37. The molecule has 0 radical (unpaired) electrons. The van der Waals surface area contributed by atoms with Crippen LogP contribution < -0.4 is 21.1 Å². The molecule has 5 heteroatoms. The van der Waals surface area contributed by atoms with E-state index in [1.54, 1.807) is 7.11 Å². The second-order valence-corrected chi connectivity index (χ2v) is 11.0. The summed E-state index contributed by atoms with van der Waals surface area (Å²) in [6.07, 6.45) is 4.53. The minimum absolute atomic E-state index is 0.0316. The van der Waals surface area contributed by atoms with E-state index < -0.39 is 6.04 Å². The monoisotopic (exact) mass is 497 g/mol.